The Labute approximate surface area is 141 Å². The number of rotatable bonds is 3. The van der Waals surface area contributed by atoms with Crippen LogP contribution in [0.1, 0.15) is 28.3 Å². The van der Waals surface area contributed by atoms with Crippen LogP contribution in [0.3, 0.4) is 0 Å². The van der Waals surface area contributed by atoms with Crippen LogP contribution in [0.4, 0.5) is 4.39 Å². The number of carbonyl (C=O) groups excluding carboxylic acids is 1. The summed E-state index contributed by atoms with van der Waals surface area (Å²) < 4.78 is 19.1. The Morgan fingerprint density at radius 3 is 2.54 bits per heavy atom. The molecule has 0 saturated carbocycles. The first-order chi connectivity index (χ1) is 11.6. The molecule has 0 radical (unpaired) electrons. The zero-order valence-electron chi connectivity index (χ0n) is 13.6. The highest BCUT2D eigenvalue weighted by Crippen LogP contribution is 2.29. The van der Waals surface area contributed by atoms with E-state index in [4.69, 9.17) is 10.5 Å². The van der Waals surface area contributed by atoms with E-state index >= 15 is 0 Å². The van der Waals surface area contributed by atoms with Crippen LogP contribution in [0.5, 0.6) is 5.75 Å². The van der Waals surface area contributed by atoms with E-state index in [1.54, 1.807) is 24.1 Å². The molecule has 1 saturated heterocycles. The lowest BCUT2D eigenvalue weighted by Crippen LogP contribution is -2.48. The van der Waals surface area contributed by atoms with Crippen LogP contribution in [-0.4, -0.2) is 37.0 Å². The average molecular weight is 328 g/mol. The third-order valence-electron chi connectivity index (χ3n) is 4.46. The van der Waals surface area contributed by atoms with E-state index in [1.165, 1.54) is 12.1 Å². The van der Waals surface area contributed by atoms with Crippen LogP contribution >= 0.6 is 0 Å². The number of methoxy groups -OCH3 is 1. The van der Waals surface area contributed by atoms with Crippen LogP contribution in [0.2, 0.25) is 0 Å². The van der Waals surface area contributed by atoms with Crippen LogP contribution in [0, 0.1) is 5.82 Å². The van der Waals surface area contributed by atoms with Gasteiger partial charge in [-0.1, -0.05) is 24.3 Å². The summed E-state index contributed by atoms with van der Waals surface area (Å²) in [5.41, 5.74) is 7.36. The Balaban J connectivity index is 1.80. The number of benzene rings is 2. The highest BCUT2D eigenvalue weighted by Gasteiger charge is 2.30. The number of hydrogen-bond acceptors (Lipinski definition) is 3. The number of piperidine rings is 1. The van der Waals surface area contributed by atoms with Gasteiger partial charge in [0.15, 0.2) is 0 Å². The smallest absolute Gasteiger partial charge is 0.256 e. The van der Waals surface area contributed by atoms with Crippen molar-refractivity contribution in [1.82, 2.24) is 4.90 Å². The molecule has 24 heavy (non-hydrogen) atoms. The number of nitrogens with zero attached hydrogens (tertiary/aromatic N) is 1. The van der Waals surface area contributed by atoms with E-state index in [0.29, 0.717) is 13.1 Å². The maximum Gasteiger partial charge on any atom is 0.256 e. The largest absolute Gasteiger partial charge is 0.497 e. The molecule has 0 spiro atoms. The normalized spacial score (nSPS) is 20.7. The van der Waals surface area contributed by atoms with E-state index in [1.807, 2.05) is 24.3 Å². The Bertz CT molecular complexity index is 718. The van der Waals surface area contributed by atoms with Crippen molar-refractivity contribution in [1.29, 1.82) is 0 Å². The molecule has 1 heterocycles. The lowest BCUT2D eigenvalue weighted by molar-refractivity contribution is 0.0684. The van der Waals surface area contributed by atoms with Crippen molar-refractivity contribution in [2.45, 2.75) is 18.4 Å². The summed E-state index contributed by atoms with van der Waals surface area (Å²) >= 11 is 0. The van der Waals surface area contributed by atoms with Gasteiger partial charge in [0.25, 0.3) is 5.91 Å². The van der Waals surface area contributed by atoms with Crippen LogP contribution in [-0.2, 0) is 0 Å². The minimum Gasteiger partial charge on any atom is -0.497 e. The lowest BCUT2D eigenvalue weighted by atomic mass is 9.88. The summed E-state index contributed by atoms with van der Waals surface area (Å²) in [6.45, 7) is 0.979. The molecule has 2 unspecified atom stereocenters. The Morgan fingerprint density at radius 2 is 1.88 bits per heavy atom. The summed E-state index contributed by atoms with van der Waals surface area (Å²) in [6, 6.07) is 13.7. The third kappa shape index (κ3) is 3.41. The second-order valence-electron chi connectivity index (χ2n) is 6.16. The molecule has 2 aromatic rings. The molecule has 1 amide bonds. The SMILES string of the molecule is COc1ccc(C2CC(N)CN(C(=O)c3ccccc3F)C2)cc1. The maximum absolute atomic E-state index is 13.9. The van der Waals surface area contributed by atoms with E-state index in [0.717, 1.165) is 17.7 Å². The molecule has 1 aliphatic rings. The first-order valence-corrected chi connectivity index (χ1v) is 8.02. The standard InChI is InChI=1S/C19H21FN2O2/c1-24-16-8-6-13(7-9-16)14-10-15(21)12-22(11-14)19(23)17-4-2-3-5-18(17)20/h2-9,14-15H,10-12,21H2,1H3. The third-order valence-corrected chi connectivity index (χ3v) is 4.46. The first-order valence-electron chi connectivity index (χ1n) is 8.02. The molecule has 126 valence electrons. The average Bonchev–Trinajstić information content (AvgIpc) is 2.61. The molecule has 4 nitrogen and oxygen atoms in total. The van der Waals surface area contributed by atoms with Gasteiger partial charge in [0.2, 0.25) is 0 Å². The molecular weight excluding hydrogens is 307 g/mol. The molecule has 2 atom stereocenters. The number of hydrogen-bond donors (Lipinski definition) is 1. The van der Waals surface area contributed by atoms with Crippen molar-refractivity contribution >= 4 is 5.91 Å². The van der Waals surface area contributed by atoms with E-state index in [-0.39, 0.29) is 23.4 Å². The molecule has 1 fully saturated rings. The summed E-state index contributed by atoms with van der Waals surface area (Å²) in [4.78, 5) is 14.3. The minimum atomic E-state index is -0.498. The second-order valence-corrected chi connectivity index (χ2v) is 6.16. The topological polar surface area (TPSA) is 55.6 Å². The van der Waals surface area contributed by atoms with Crippen molar-refractivity contribution in [3.63, 3.8) is 0 Å². The monoisotopic (exact) mass is 328 g/mol. The molecule has 5 heteroatoms. The van der Waals surface area contributed by atoms with E-state index in [2.05, 4.69) is 0 Å². The van der Waals surface area contributed by atoms with Gasteiger partial charge in [-0.25, -0.2) is 4.39 Å². The van der Waals surface area contributed by atoms with Crippen LogP contribution in [0.25, 0.3) is 0 Å². The number of halogens is 1. The molecule has 2 aromatic carbocycles. The number of likely N-dealkylation sites (tertiary alicyclic amines) is 1. The van der Waals surface area contributed by atoms with Crippen molar-refractivity contribution < 1.29 is 13.9 Å². The van der Waals surface area contributed by atoms with Gasteiger partial charge in [-0.3, -0.25) is 4.79 Å². The van der Waals surface area contributed by atoms with Gasteiger partial charge in [-0.05, 0) is 36.2 Å². The molecule has 0 aromatic heterocycles. The first kappa shape index (κ1) is 16.5. The summed E-state index contributed by atoms with van der Waals surface area (Å²) in [7, 11) is 1.63. The molecule has 2 N–H and O–H groups in total. The van der Waals surface area contributed by atoms with Gasteiger partial charge in [0.05, 0.1) is 12.7 Å². The predicted molar refractivity (Wildman–Crippen MR) is 90.6 cm³/mol. The van der Waals surface area contributed by atoms with Crippen molar-refractivity contribution in [3.8, 4) is 5.75 Å². The molecule has 0 aliphatic carbocycles. The highest BCUT2D eigenvalue weighted by atomic mass is 19.1. The molecular formula is C19H21FN2O2. The highest BCUT2D eigenvalue weighted by molar-refractivity contribution is 5.94. The van der Waals surface area contributed by atoms with Crippen molar-refractivity contribution in [3.05, 3.63) is 65.5 Å². The fourth-order valence-electron chi connectivity index (χ4n) is 3.23. The zero-order chi connectivity index (χ0) is 17.1. The van der Waals surface area contributed by atoms with Crippen LogP contribution in [0.15, 0.2) is 48.5 Å². The summed E-state index contributed by atoms with van der Waals surface area (Å²) in [5.74, 6) is 0.123. The van der Waals surface area contributed by atoms with Gasteiger partial charge in [-0.2, -0.15) is 0 Å². The number of carbonyl (C=O) groups is 1. The number of nitrogens with two attached hydrogens (primary N) is 1. The van der Waals surface area contributed by atoms with Crippen molar-refractivity contribution in [2.24, 2.45) is 5.73 Å². The number of amides is 1. The Morgan fingerprint density at radius 1 is 1.17 bits per heavy atom. The summed E-state index contributed by atoms with van der Waals surface area (Å²) in [5, 5.41) is 0. The zero-order valence-corrected chi connectivity index (χ0v) is 13.6. The van der Waals surface area contributed by atoms with E-state index in [9.17, 15) is 9.18 Å². The van der Waals surface area contributed by atoms with Gasteiger partial charge < -0.3 is 15.4 Å². The number of ether oxygens (including phenoxy) is 1. The lowest BCUT2D eigenvalue weighted by Gasteiger charge is -2.36. The predicted octanol–water partition coefficient (Wildman–Crippen LogP) is 2.79. The van der Waals surface area contributed by atoms with Gasteiger partial charge >= 0.3 is 0 Å². The Hall–Kier alpha value is -2.40. The molecule has 1 aliphatic heterocycles. The maximum atomic E-state index is 13.9. The van der Waals surface area contributed by atoms with Crippen LogP contribution < -0.4 is 10.5 Å². The fraction of sp³-hybridized carbons (Fsp3) is 0.316. The minimum absolute atomic E-state index is 0.0973. The van der Waals surface area contributed by atoms with Gasteiger partial charge in [-0.15, -0.1) is 0 Å². The summed E-state index contributed by atoms with van der Waals surface area (Å²) in [6.07, 6.45) is 0.799. The molecule has 0 bridgehead atoms. The second kappa shape index (κ2) is 7.01. The van der Waals surface area contributed by atoms with Gasteiger partial charge in [0, 0.05) is 25.0 Å². The quantitative estimate of drug-likeness (QED) is 0.942. The van der Waals surface area contributed by atoms with Gasteiger partial charge in [0.1, 0.15) is 11.6 Å². The Kier molecular flexibility index (Phi) is 4.81. The molecule has 3 rings (SSSR count). The fourth-order valence-corrected chi connectivity index (χ4v) is 3.23. The van der Waals surface area contributed by atoms with Crippen molar-refractivity contribution in [2.75, 3.05) is 20.2 Å². The van der Waals surface area contributed by atoms with E-state index < -0.39 is 5.82 Å².